The van der Waals surface area contributed by atoms with E-state index >= 15 is 0 Å². The van der Waals surface area contributed by atoms with Gasteiger partial charge in [0.05, 0.1) is 12.2 Å². The summed E-state index contributed by atoms with van der Waals surface area (Å²) < 4.78 is 16.0. The topological polar surface area (TPSA) is 62.1 Å². The van der Waals surface area contributed by atoms with Crippen LogP contribution < -0.4 is 15.1 Å². The molecule has 3 rings (SSSR count). The summed E-state index contributed by atoms with van der Waals surface area (Å²) in [7, 11) is 5.76. The lowest BCUT2D eigenvalue weighted by atomic mass is 10.1. The lowest BCUT2D eigenvalue weighted by Crippen LogP contribution is -2.38. The van der Waals surface area contributed by atoms with E-state index in [1.165, 1.54) is 5.56 Å². The van der Waals surface area contributed by atoms with Crippen molar-refractivity contribution in [3.8, 4) is 0 Å². The van der Waals surface area contributed by atoms with E-state index in [2.05, 4.69) is 32.2 Å². The molecular weight excluding hydrogens is 333 g/mol. The number of rotatable bonds is 6. The van der Waals surface area contributed by atoms with Gasteiger partial charge in [0.15, 0.2) is 0 Å². The number of nitrogens with zero attached hydrogens (tertiary/aromatic N) is 6. The first kappa shape index (κ1) is 18.6. The summed E-state index contributed by atoms with van der Waals surface area (Å²) in [5, 5.41) is 7.93. The molecule has 0 saturated carbocycles. The Hall–Kier alpha value is -2.22. The summed E-state index contributed by atoms with van der Waals surface area (Å²) in [6, 6.07) is 1.93. The number of halogens is 1. The largest absolute Gasteiger partial charge is 0.349 e. The zero-order valence-corrected chi connectivity index (χ0v) is 16.2. The molecule has 2 aromatic heterocycles. The predicted octanol–water partition coefficient (Wildman–Crippen LogP) is 1.60. The average molecular weight is 361 g/mol. The second-order valence-corrected chi connectivity index (χ2v) is 7.15. The molecule has 1 aliphatic heterocycles. The maximum Gasteiger partial charge on any atom is 0.226 e. The third kappa shape index (κ3) is 3.80. The van der Waals surface area contributed by atoms with E-state index in [-0.39, 0.29) is 6.04 Å². The highest BCUT2D eigenvalue weighted by Gasteiger charge is 2.33. The first-order valence-electron chi connectivity index (χ1n) is 8.97. The molecule has 1 N–H and O–H groups in total. The van der Waals surface area contributed by atoms with Crippen LogP contribution in [0, 0.1) is 13.8 Å². The zero-order valence-electron chi connectivity index (χ0n) is 16.2. The number of hydrogen-bond acceptors (Lipinski definition) is 6. The quantitative estimate of drug-likeness (QED) is 0.843. The SMILES string of the molecule is Cc1nn(C)c(C)c1CNC[C@@H]1C[C@H](F)CN1c1ccnc(N(C)C)n1. The molecule has 1 aliphatic rings. The summed E-state index contributed by atoms with van der Waals surface area (Å²) in [5.41, 5.74) is 3.41. The van der Waals surface area contributed by atoms with Crippen molar-refractivity contribution in [1.29, 1.82) is 0 Å². The fraction of sp³-hybridized carbons (Fsp3) is 0.611. The molecular formula is C18H28FN7. The Bertz CT molecular complexity index is 758. The van der Waals surface area contributed by atoms with Crippen molar-refractivity contribution in [2.45, 2.75) is 39.0 Å². The van der Waals surface area contributed by atoms with E-state index in [0.717, 1.165) is 23.8 Å². The molecule has 7 nitrogen and oxygen atoms in total. The smallest absolute Gasteiger partial charge is 0.226 e. The minimum absolute atomic E-state index is 0.0761. The Labute approximate surface area is 154 Å². The van der Waals surface area contributed by atoms with Crippen molar-refractivity contribution >= 4 is 11.8 Å². The van der Waals surface area contributed by atoms with Crippen molar-refractivity contribution in [3.05, 3.63) is 29.2 Å². The molecule has 0 bridgehead atoms. The molecule has 0 aromatic carbocycles. The van der Waals surface area contributed by atoms with E-state index in [1.54, 1.807) is 6.20 Å². The highest BCUT2D eigenvalue weighted by Crippen LogP contribution is 2.26. The van der Waals surface area contributed by atoms with Crippen molar-refractivity contribution < 1.29 is 4.39 Å². The van der Waals surface area contributed by atoms with Crippen LogP contribution in [0.15, 0.2) is 12.3 Å². The molecule has 26 heavy (non-hydrogen) atoms. The molecule has 2 aromatic rings. The highest BCUT2D eigenvalue weighted by atomic mass is 19.1. The zero-order chi connectivity index (χ0) is 18.8. The molecule has 0 unspecified atom stereocenters. The second kappa shape index (κ2) is 7.57. The van der Waals surface area contributed by atoms with E-state index in [4.69, 9.17) is 0 Å². The van der Waals surface area contributed by atoms with Crippen LogP contribution in [-0.2, 0) is 13.6 Å². The summed E-state index contributed by atoms with van der Waals surface area (Å²) in [6.45, 7) is 5.91. The molecule has 0 aliphatic carbocycles. The Morgan fingerprint density at radius 2 is 2.12 bits per heavy atom. The van der Waals surface area contributed by atoms with Crippen molar-refractivity contribution in [1.82, 2.24) is 25.1 Å². The molecule has 8 heteroatoms. The van der Waals surface area contributed by atoms with Crippen molar-refractivity contribution in [2.75, 3.05) is 37.0 Å². The number of aromatic nitrogens is 4. The average Bonchev–Trinajstić information content (AvgIpc) is 3.09. The van der Waals surface area contributed by atoms with Crippen LogP contribution in [0.25, 0.3) is 0 Å². The number of hydrogen-bond donors (Lipinski definition) is 1. The fourth-order valence-corrected chi connectivity index (χ4v) is 3.49. The third-order valence-electron chi connectivity index (χ3n) is 5.03. The van der Waals surface area contributed by atoms with E-state index in [0.29, 0.717) is 25.5 Å². The van der Waals surface area contributed by atoms with Crippen LogP contribution in [0.1, 0.15) is 23.4 Å². The van der Waals surface area contributed by atoms with Gasteiger partial charge in [-0.3, -0.25) is 4.68 Å². The van der Waals surface area contributed by atoms with E-state index < -0.39 is 6.17 Å². The van der Waals surface area contributed by atoms with Gasteiger partial charge in [-0.05, 0) is 19.9 Å². The van der Waals surface area contributed by atoms with Gasteiger partial charge in [0.2, 0.25) is 5.95 Å². The van der Waals surface area contributed by atoms with Crippen LogP contribution in [0.3, 0.4) is 0 Å². The monoisotopic (exact) mass is 361 g/mol. The Morgan fingerprint density at radius 1 is 1.35 bits per heavy atom. The molecule has 3 heterocycles. The van der Waals surface area contributed by atoms with E-state index in [1.807, 2.05) is 43.7 Å². The van der Waals surface area contributed by atoms with Gasteiger partial charge in [-0.1, -0.05) is 0 Å². The Balaban J connectivity index is 1.67. The molecule has 1 fully saturated rings. The van der Waals surface area contributed by atoms with Gasteiger partial charge in [-0.25, -0.2) is 9.37 Å². The van der Waals surface area contributed by atoms with Crippen LogP contribution in [-0.4, -0.2) is 59.1 Å². The maximum absolute atomic E-state index is 14.1. The second-order valence-electron chi connectivity index (χ2n) is 7.15. The number of aryl methyl sites for hydroxylation is 2. The predicted molar refractivity (Wildman–Crippen MR) is 101 cm³/mol. The van der Waals surface area contributed by atoms with Crippen LogP contribution >= 0.6 is 0 Å². The van der Waals surface area contributed by atoms with Gasteiger partial charge < -0.3 is 15.1 Å². The van der Waals surface area contributed by atoms with Crippen LogP contribution in [0.5, 0.6) is 0 Å². The minimum Gasteiger partial charge on any atom is -0.349 e. The molecule has 142 valence electrons. The van der Waals surface area contributed by atoms with Crippen molar-refractivity contribution in [3.63, 3.8) is 0 Å². The molecule has 0 spiro atoms. The first-order chi connectivity index (χ1) is 12.4. The normalized spacial score (nSPS) is 20.0. The Kier molecular flexibility index (Phi) is 5.41. The van der Waals surface area contributed by atoms with E-state index in [9.17, 15) is 4.39 Å². The summed E-state index contributed by atoms with van der Waals surface area (Å²) >= 11 is 0. The van der Waals surface area contributed by atoms with Crippen LogP contribution in [0.4, 0.5) is 16.2 Å². The molecule has 0 radical (unpaired) electrons. The maximum atomic E-state index is 14.1. The highest BCUT2D eigenvalue weighted by molar-refractivity contribution is 5.45. The Morgan fingerprint density at radius 3 is 2.77 bits per heavy atom. The number of alkyl halides is 1. The van der Waals surface area contributed by atoms with Crippen molar-refractivity contribution in [2.24, 2.45) is 7.05 Å². The van der Waals surface area contributed by atoms with Gasteiger partial charge in [0, 0.05) is 64.1 Å². The summed E-state index contributed by atoms with van der Waals surface area (Å²) in [6.07, 6.45) is 1.41. The summed E-state index contributed by atoms with van der Waals surface area (Å²) in [4.78, 5) is 12.7. The van der Waals surface area contributed by atoms with Gasteiger partial charge in [0.1, 0.15) is 12.0 Å². The lowest BCUT2D eigenvalue weighted by Gasteiger charge is -2.26. The standard InChI is InChI=1S/C18H28FN7/c1-12-16(13(2)25(5)23-12)10-20-9-15-8-14(19)11-26(15)17-6-7-21-18(22-17)24(3)4/h6-7,14-15,20H,8-11H2,1-5H3/t14-,15-/m0/s1. The lowest BCUT2D eigenvalue weighted by molar-refractivity contribution is 0.354. The third-order valence-corrected chi connectivity index (χ3v) is 5.03. The fourth-order valence-electron chi connectivity index (χ4n) is 3.49. The van der Waals surface area contributed by atoms with Gasteiger partial charge in [-0.15, -0.1) is 0 Å². The van der Waals surface area contributed by atoms with Crippen LogP contribution in [0.2, 0.25) is 0 Å². The summed E-state index contributed by atoms with van der Waals surface area (Å²) in [5.74, 6) is 1.42. The molecule has 2 atom stereocenters. The van der Waals surface area contributed by atoms with Gasteiger partial charge in [0.25, 0.3) is 0 Å². The number of anilines is 2. The molecule has 0 amide bonds. The minimum atomic E-state index is -0.832. The van der Waals surface area contributed by atoms with Gasteiger partial charge >= 0.3 is 0 Å². The number of nitrogens with one attached hydrogen (secondary N) is 1. The molecule has 1 saturated heterocycles. The van der Waals surface area contributed by atoms with Gasteiger partial charge in [-0.2, -0.15) is 10.1 Å². The first-order valence-corrected chi connectivity index (χ1v) is 8.97.